The van der Waals surface area contributed by atoms with Gasteiger partial charge in [0.25, 0.3) is 0 Å². The van der Waals surface area contributed by atoms with Crippen LogP contribution in [0.5, 0.6) is 0 Å². The minimum atomic E-state index is 0.117. The van der Waals surface area contributed by atoms with Gasteiger partial charge in [0.05, 0.1) is 0 Å². The highest BCUT2D eigenvalue weighted by atomic mass is 14.3. The SMILES string of the molecule is CC(C)(C)c1ccc2c(c1)=c1cc(C(C)(C)C)c(=C3CC3)c(C3=CC=CC3)c1[C]=2. The number of benzene rings is 2. The Morgan fingerprint density at radius 3 is 2.21 bits per heavy atom. The van der Waals surface area contributed by atoms with Gasteiger partial charge in [0, 0.05) is 0 Å². The molecule has 1 radical (unpaired) electrons. The topological polar surface area (TPSA) is 0 Å². The second-order valence-electron chi connectivity index (χ2n) is 10.9. The summed E-state index contributed by atoms with van der Waals surface area (Å²) in [5.41, 5.74) is 9.03. The van der Waals surface area contributed by atoms with Crippen LogP contribution in [0.1, 0.15) is 83.1 Å². The van der Waals surface area contributed by atoms with E-state index in [2.05, 4.69) is 90.1 Å². The lowest BCUT2D eigenvalue weighted by atomic mass is 9.80. The van der Waals surface area contributed by atoms with Gasteiger partial charge in [0.2, 0.25) is 0 Å². The third kappa shape index (κ3) is 3.05. The first kappa shape index (κ1) is 18.7. The van der Waals surface area contributed by atoms with Crippen molar-refractivity contribution in [1.82, 2.24) is 0 Å². The summed E-state index contributed by atoms with van der Waals surface area (Å²) >= 11 is 0. The van der Waals surface area contributed by atoms with Gasteiger partial charge in [-0.05, 0) is 97.0 Å². The maximum atomic E-state index is 3.82. The lowest BCUT2D eigenvalue weighted by Crippen LogP contribution is -2.27. The van der Waals surface area contributed by atoms with E-state index in [9.17, 15) is 0 Å². The Labute approximate surface area is 174 Å². The molecule has 29 heavy (non-hydrogen) atoms. The van der Waals surface area contributed by atoms with Gasteiger partial charge in [0.15, 0.2) is 0 Å². The van der Waals surface area contributed by atoms with E-state index in [1.54, 1.807) is 5.57 Å². The molecule has 0 heteroatoms. The monoisotopic (exact) mass is 379 g/mol. The zero-order valence-corrected chi connectivity index (χ0v) is 18.7. The van der Waals surface area contributed by atoms with E-state index >= 15 is 0 Å². The van der Waals surface area contributed by atoms with E-state index in [1.165, 1.54) is 61.5 Å². The summed E-state index contributed by atoms with van der Waals surface area (Å²) in [6.07, 6.45) is 14.2. The van der Waals surface area contributed by atoms with Crippen molar-refractivity contribution in [1.29, 1.82) is 0 Å². The molecule has 0 spiro atoms. The Hall–Kier alpha value is -2.34. The fourth-order valence-electron chi connectivity index (χ4n) is 4.73. The van der Waals surface area contributed by atoms with Crippen LogP contribution in [0.25, 0.3) is 17.2 Å². The summed E-state index contributed by atoms with van der Waals surface area (Å²) in [4.78, 5) is 0. The quantitative estimate of drug-likeness (QED) is 0.495. The van der Waals surface area contributed by atoms with E-state index in [1.807, 2.05) is 0 Å². The van der Waals surface area contributed by atoms with Crippen LogP contribution >= 0.6 is 0 Å². The average Bonchev–Trinajstić information content (AvgIpc) is 3.20. The fourth-order valence-corrected chi connectivity index (χ4v) is 4.73. The van der Waals surface area contributed by atoms with Gasteiger partial charge in [-0.3, -0.25) is 0 Å². The fraction of sp³-hybridized carbons (Fsp3) is 0.379. The van der Waals surface area contributed by atoms with Crippen molar-refractivity contribution in [3.8, 4) is 0 Å². The number of hydrogen-bond acceptors (Lipinski definition) is 0. The van der Waals surface area contributed by atoms with Crippen molar-refractivity contribution in [3.05, 3.63) is 85.6 Å². The van der Waals surface area contributed by atoms with Crippen LogP contribution in [0.15, 0.2) is 42.5 Å². The number of allylic oxidation sites excluding steroid dienone is 4. The molecule has 147 valence electrons. The molecule has 2 aromatic rings. The molecule has 0 bridgehead atoms. The van der Waals surface area contributed by atoms with Gasteiger partial charge in [-0.1, -0.05) is 77.5 Å². The van der Waals surface area contributed by atoms with Crippen molar-refractivity contribution >= 4 is 17.2 Å². The van der Waals surface area contributed by atoms with Crippen molar-refractivity contribution in [3.63, 3.8) is 0 Å². The smallest absolute Gasteiger partial charge is 0.000730 e. The molecule has 0 amide bonds. The Morgan fingerprint density at radius 2 is 1.62 bits per heavy atom. The van der Waals surface area contributed by atoms with Crippen molar-refractivity contribution < 1.29 is 0 Å². The minimum Gasteiger partial charge on any atom is -0.0801 e. The molecule has 5 rings (SSSR count). The van der Waals surface area contributed by atoms with Crippen LogP contribution in [0.4, 0.5) is 0 Å². The molecule has 1 saturated carbocycles. The highest BCUT2D eigenvalue weighted by molar-refractivity contribution is 5.82. The van der Waals surface area contributed by atoms with Crippen LogP contribution in [0, 0.1) is 10.4 Å². The number of fused-ring (bicyclic) bond motifs is 2. The molecule has 0 atom stereocenters. The van der Waals surface area contributed by atoms with Crippen molar-refractivity contribution in [2.75, 3.05) is 0 Å². The van der Waals surface area contributed by atoms with E-state index in [0.29, 0.717) is 0 Å². The first-order valence-corrected chi connectivity index (χ1v) is 11.0. The molecule has 0 heterocycles. The van der Waals surface area contributed by atoms with Crippen LogP contribution in [-0.2, 0) is 10.8 Å². The van der Waals surface area contributed by atoms with Gasteiger partial charge in [-0.2, -0.15) is 0 Å². The number of hydrogen-bond donors (Lipinski definition) is 0. The Bertz CT molecular complexity index is 1310. The predicted octanol–water partition coefficient (Wildman–Crippen LogP) is 5.88. The summed E-state index contributed by atoms with van der Waals surface area (Å²) in [5.74, 6) is 0. The van der Waals surface area contributed by atoms with Gasteiger partial charge < -0.3 is 0 Å². The molecule has 0 N–H and O–H groups in total. The van der Waals surface area contributed by atoms with E-state index in [0.717, 1.165) is 6.42 Å². The lowest BCUT2D eigenvalue weighted by molar-refractivity contribution is 0.585. The molecule has 0 aliphatic heterocycles. The lowest BCUT2D eigenvalue weighted by Gasteiger charge is -2.23. The first-order chi connectivity index (χ1) is 13.6. The molecule has 0 nitrogen and oxygen atoms in total. The van der Waals surface area contributed by atoms with Crippen LogP contribution in [-0.4, -0.2) is 0 Å². The largest absolute Gasteiger partial charge is 0.0801 e. The van der Waals surface area contributed by atoms with E-state index < -0.39 is 0 Å². The molecule has 0 aromatic heterocycles. The standard InChI is InChI=1S/C29H31/c1-28(2,3)21-14-13-20-15-24-23(22(20)16-21)17-25(29(4,5)6)27(19-11-12-19)26(24)18-9-7-8-10-18/h7-9,13-14,16-17H,10-12H2,1-6H3. The average molecular weight is 380 g/mol. The minimum absolute atomic E-state index is 0.117. The van der Waals surface area contributed by atoms with Crippen LogP contribution in [0.3, 0.4) is 0 Å². The summed E-state index contributed by atoms with van der Waals surface area (Å²) < 4.78 is 0. The molecular weight excluding hydrogens is 348 g/mol. The number of rotatable bonds is 1. The summed E-state index contributed by atoms with van der Waals surface area (Å²) in [7, 11) is 0. The third-order valence-corrected chi connectivity index (χ3v) is 6.52. The highest BCUT2D eigenvalue weighted by Gasteiger charge is 2.27. The Kier molecular flexibility index (Phi) is 3.92. The van der Waals surface area contributed by atoms with Gasteiger partial charge in [-0.15, -0.1) is 0 Å². The third-order valence-electron chi connectivity index (χ3n) is 6.52. The van der Waals surface area contributed by atoms with E-state index in [-0.39, 0.29) is 10.8 Å². The summed E-state index contributed by atoms with van der Waals surface area (Å²) in [6.45, 7) is 14.0. The van der Waals surface area contributed by atoms with Crippen molar-refractivity contribution in [2.24, 2.45) is 0 Å². The molecule has 0 saturated heterocycles. The zero-order chi connectivity index (χ0) is 20.6. The maximum Gasteiger partial charge on any atom is -0.000730 e. The molecule has 2 aromatic carbocycles. The van der Waals surface area contributed by atoms with Gasteiger partial charge in [0.1, 0.15) is 0 Å². The second kappa shape index (κ2) is 6.08. The Morgan fingerprint density at radius 1 is 0.862 bits per heavy atom. The van der Waals surface area contributed by atoms with Crippen LogP contribution < -0.4 is 10.4 Å². The Balaban J connectivity index is 1.98. The van der Waals surface area contributed by atoms with Crippen molar-refractivity contribution in [2.45, 2.75) is 71.6 Å². The van der Waals surface area contributed by atoms with Crippen LogP contribution in [0.2, 0.25) is 0 Å². The molecule has 1 fully saturated rings. The second-order valence-corrected chi connectivity index (χ2v) is 10.9. The first-order valence-electron chi connectivity index (χ1n) is 11.0. The predicted molar refractivity (Wildman–Crippen MR) is 124 cm³/mol. The zero-order valence-electron chi connectivity index (χ0n) is 18.7. The van der Waals surface area contributed by atoms with Gasteiger partial charge in [-0.25, -0.2) is 0 Å². The molecule has 0 unspecified atom stereocenters. The van der Waals surface area contributed by atoms with E-state index in [4.69, 9.17) is 0 Å². The van der Waals surface area contributed by atoms with Gasteiger partial charge >= 0.3 is 0 Å². The summed E-state index contributed by atoms with van der Waals surface area (Å²) in [6, 6.07) is 9.47. The highest BCUT2D eigenvalue weighted by Crippen LogP contribution is 2.36. The maximum absolute atomic E-state index is 3.82. The molecule has 3 aliphatic rings. The molecular formula is C29H31. The normalized spacial score (nSPS) is 17.2. The molecule has 3 aliphatic carbocycles. The summed E-state index contributed by atoms with van der Waals surface area (Å²) in [5, 5.41) is 5.52.